The largest absolute Gasteiger partial charge is 0.365 e. The molecule has 0 saturated carbocycles. The summed E-state index contributed by atoms with van der Waals surface area (Å²) < 4.78 is 0. The summed E-state index contributed by atoms with van der Waals surface area (Å²) in [6.07, 6.45) is 0. The number of allylic oxidation sites excluding steroid dienone is 1. The number of nitrogens with zero attached hydrogens (tertiary/aromatic N) is 2. The van der Waals surface area contributed by atoms with E-state index in [2.05, 4.69) is 23.6 Å². The Morgan fingerprint density at radius 2 is 2.31 bits per heavy atom. The van der Waals surface area contributed by atoms with Gasteiger partial charge in [0.1, 0.15) is 5.03 Å². The third-order valence-electron chi connectivity index (χ3n) is 1.17. The molecule has 0 atom stereocenters. The Bertz CT molecular complexity index is 257. The molecule has 6 heteroatoms. The van der Waals surface area contributed by atoms with Gasteiger partial charge in [-0.2, -0.15) is 0 Å². The molecule has 1 N–H and O–H groups in total. The molecule has 0 aromatic carbocycles. The minimum absolute atomic E-state index is 0.0347. The molecule has 5 nitrogen and oxygen atoms in total. The third-order valence-corrected chi connectivity index (χ3v) is 1.35. The van der Waals surface area contributed by atoms with Crippen molar-refractivity contribution in [3.05, 3.63) is 33.2 Å². The van der Waals surface area contributed by atoms with Crippen LogP contribution in [-0.4, -0.2) is 18.2 Å². The maximum Gasteiger partial charge on any atom is 0.329 e. The van der Waals surface area contributed by atoms with Crippen LogP contribution in [0.25, 0.3) is 0 Å². The van der Waals surface area contributed by atoms with Gasteiger partial charge in [0.05, 0.1) is 4.92 Å². The predicted molar refractivity (Wildman–Crippen MR) is 52.2 cm³/mol. The van der Waals surface area contributed by atoms with Gasteiger partial charge in [-0.1, -0.05) is 18.2 Å². The maximum absolute atomic E-state index is 10.5. The van der Waals surface area contributed by atoms with Gasteiger partial charge in [-0.25, -0.2) is 4.99 Å². The van der Waals surface area contributed by atoms with Crippen LogP contribution in [0.1, 0.15) is 6.92 Å². The zero-order valence-electron chi connectivity index (χ0n) is 7.21. The van der Waals surface area contributed by atoms with E-state index in [1.165, 1.54) is 0 Å². The van der Waals surface area contributed by atoms with E-state index in [0.29, 0.717) is 6.54 Å². The van der Waals surface area contributed by atoms with Crippen molar-refractivity contribution in [2.45, 2.75) is 6.92 Å². The minimum atomic E-state index is -0.651. The normalized spacial score (nSPS) is 11.5. The Kier molecular flexibility index (Phi) is 4.76. The second-order valence-corrected chi connectivity index (χ2v) is 2.50. The lowest BCUT2D eigenvalue weighted by Gasteiger charge is -2.03. The first kappa shape index (κ1) is 11.6. The van der Waals surface area contributed by atoms with Crippen molar-refractivity contribution < 1.29 is 4.92 Å². The molecule has 0 radical (unpaired) electrons. The van der Waals surface area contributed by atoms with Gasteiger partial charge in [-0.05, 0) is 13.6 Å². The minimum Gasteiger partial charge on any atom is -0.365 e. The Morgan fingerprint density at radius 1 is 1.77 bits per heavy atom. The lowest BCUT2D eigenvalue weighted by atomic mass is 10.4. The summed E-state index contributed by atoms with van der Waals surface area (Å²) in [7, 11) is 0. The van der Waals surface area contributed by atoms with Gasteiger partial charge in [0.25, 0.3) is 0 Å². The topological polar surface area (TPSA) is 67.5 Å². The fourth-order valence-corrected chi connectivity index (χ4v) is 0.854. The number of halogens is 1. The van der Waals surface area contributed by atoms with Crippen molar-refractivity contribution in [3.63, 3.8) is 0 Å². The van der Waals surface area contributed by atoms with Gasteiger partial charge >= 0.3 is 5.70 Å². The van der Waals surface area contributed by atoms with Gasteiger partial charge in [0.15, 0.2) is 0 Å². The molecule has 0 aliphatic heterocycles. The Labute approximate surface area is 81.0 Å². The predicted octanol–water partition coefficient (Wildman–Crippen LogP) is 1.49. The van der Waals surface area contributed by atoms with E-state index in [9.17, 15) is 10.1 Å². The molecule has 0 bridgehead atoms. The van der Waals surface area contributed by atoms with Crippen LogP contribution < -0.4 is 5.32 Å². The number of hydrogen-bond acceptors (Lipinski definition) is 4. The standard InChI is InChI=1S/C7H10ClN3O2/c1-4-10-7(9-3)6(5(2)8)11(12)13/h10H,2-4H2,1H3/b7-6-. The van der Waals surface area contributed by atoms with Crippen LogP contribution in [0.2, 0.25) is 0 Å². The van der Waals surface area contributed by atoms with Crippen LogP contribution in [0.3, 0.4) is 0 Å². The molecule has 72 valence electrons. The van der Waals surface area contributed by atoms with Crippen LogP contribution in [-0.2, 0) is 0 Å². The van der Waals surface area contributed by atoms with Gasteiger partial charge < -0.3 is 5.32 Å². The first-order valence-corrected chi connectivity index (χ1v) is 3.86. The first-order valence-electron chi connectivity index (χ1n) is 3.48. The summed E-state index contributed by atoms with van der Waals surface area (Å²) in [5.41, 5.74) is -0.349. The summed E-state index contributed by atoms with van der Waals surface area (Å²) in [4.78, 5) is 13.3. The highest BCUT2D eigenvalue weighted by molar-refractivity contribution is 6.31. The second kappa shape index (κ2) is 5.31. The number of nitrogens with one attached hydrogen (secondary N) is 1. The third kappa shape index (κ3) is 3.25. The van der Waals surface area contributed by atoms with Crippen LogP contribution in [0.15, 0.2) is 28.1 Å². The number of aliphatic imine (C=N–C) groups is 1. The molecular weight excluding hydrogens is 194 g/mol. The highest BCUT2D eigenvalue weighted by Crippen LogP contribution is 2.16. The number of rotatable bonds is 5. The fourth-order valence-electron chi connectivity index (χ4n) is 0.696. The summed E-state index contributed by atoms with van der Waals surface area (Å²) >= 11 is 5.43. The molecule has 0 heterocycles. The molecule has 0 fully saturated rings. The molecule has 0 aromatic heterocycles. The molecule has 0 amide bonds. The summed E-state index contributed by atoms with van der Waals surface area (Å²) in [5.74, 6) is 0.0347. The Morgan fingerprint density at radius 3 is 2.54 bits per heavy atom. The van der Waals surface area contributed by atoms with Crippen LogP contribution >= 0.6 is 11.6 Å². The maximum atomic E-state index is 10.5. The number of hydrogen-bond donors (Lipinski definition) is 1. The van der Waals surface area contributed by atoms with Gasteiger partial charge in [0, 0.05) is 6.54 Å². The van der Waals surface area contributed by atoms with Crippen LogP contribution in [0.5, 0.6) is 0 Å². The SMILES string of the molecule is C=N/C(NCC)=C(\C(=C)Cl)[N+](=O)[O-]. The molecule has 0 saturated heterocycles. The molecule has 13 heavy (non-hydrogen) atoms. The second-order valence-electron chi connectivity index (χ2n) is 2.05. The highest BCUT2D eigenvalue weighted by Gasteiger charge is 2.19. The highest BCUT2D eigenvalue weighted by atomic mass is 35.5. The zero-order valence-corrected chi connectivity index (χ0v) is 7.97. The quantitative estimate of drug-likeness (QED) is 0.319. The Balaban J connectivity index is 5.12. The smallest absolute Gasteiger partial charge is 0.329 e. The van der Waals surface area contributed by atoms with E-state index >= 15 is 0 Å². The monoisotopic (exact) mass is 203 g/mol. The van der Waals surface area contributed by atoms with Crippen molar-refractivity contribution in [1.29, 1.82) is 0 Å². The van der Waals surface area contributed by atoms with Gasteiger partial charge in [-0.15, -0.1) is 0 Å². The number of nitro groups is 1. The Hall–Kier alpha value is -1.36. The average Bonchev–Trinajstić information content (AvgIpc) is 2.02. The van der Waals surface area contributed by atoms with Crippen molar-refractivity contribution in [1.82, 2.24) is 5.32 Å². The molecule has 0 aliphatic rings. The van der Waals surface area contributed by atoms with Crippen molar-refractivity contribution in [2.75, 3.05) is 6.54 Å². The van der Waals surface area contributed by atoms with Crippen molar-refractivity contribution in [2.24, 2.45) is 4.99 Å². The average molecular weight is 204 g/mol. The van der Waals surface area contributed by atoms with Crippen molar-refractivity contribution in [3.8, 4) is 0 Å². The van der Waals surface area contributed by atoms with E-state index in [-0.39, 0.29) is 16.6 Å². The summed E-state index contributed by atoms with van der Waals surface area (Å²) in [6.45, 7) is 8.73. The van der Waals surface area contributed by atoms with E-state index in [4.69, 9.17) is 11.6 Å². The molecule has 0 unspecified atom stereocenters. The van der Waals surface area contributed by atoms with E-state index < -0.39 is 4.92 Å². The lowest BCUT2D eigenvalue weighted by molar-refractivity contribution is -0.421. The van der Waals surface area contributed by atoms with Crippen LogP contribution in [0, 0.1) is 10.1 Å². The van der Waals surface area contributed by atoms with E-state index in [0.717, 1.165) is 0 Å². The zero-order chi connectivity index (χ0) is 10.4. The van der Waals surface area contributed by atoms with Crippen molar-refractivity contribution >= 4 is 18.3 Å². The molecule has 0 aromatic rings. The van der Waals surface area contributed by atoms with E-state index in [1.54, 1.807) is 6.92 Å². The fraction of sp³-hybridized carbons (Fsp3) is 0.286. The first-order chi connectivity index (χ1) is 6.04. The van der Waals surface area contributed by atoms with Gasteiger partial charge in [0.2, 0.25) is 5.82 Å². The summed E-state index contributed by atoms with van der Waals surface area (Å²) in [5, 5.41) is 13.0. The summed E-state index contributed by atoms with van der Waals surface area (Å²) in [6, 6.07) is 0. The lowest BCUT2D eigenvalue weighted by Crippen LogP contribution is -2.16. The van der Waals surface area contributed by atoms with E-state index in [1.807, 2.05) is 0 Å². The van der Waals surface area contributed by atoms with Gasteiger partial charge in [-0.3, -0.25) is 10.1 Å². The molecule has 0 rings (SSSR count). The molecule has 0 spiro atoms. The molecule has 0 aliphatic carbocycles. The molecular formula is C7H10ClN3O2. The van der Waals surface area contributed by atoms with Crippen LogP contribution in [0.4, 0.5) is 0 Å².